The van der Waals surface area contributed by atoms with E-state index in [1.165, 1.54) is 25.7 Å². The first-order valence-electron chi connectivity index (χ1n) is 7.05. The zero-order chi connectivity index (χ0) is 13.7. The normalized spacial score (nSPS) is 17.4. The van der Waals surface area contributed by atoms with Gasteiger partial charge in [-0.25, -0.2) is 0 Å². The van der Waals surface area contributed by atoms with Crippen LogP contribution in [-0.4, -0.2) is 31.5 Å². The molecule has 1 aromatic carbocycles. The molecule has 1 aliphatic rings. The number of carbonyl (C=O) groups is 1. The molecule has 19 heavy (non-hydrogen) atoms. The van der Waals surface area contributed by atoms with Crippen LogP contribution in [0.2, 0.25) is 0 Å². The fourth-order valence-electron chi connectivity index (χ4n) is 2.88. The Balaban J connectivity index is 1.99. The van der Waals surface area contributed by atoms with Gasteiger partial charge in [0.2, 0.25) is 0 Å². The summed E-state index contributed by atoms with van der Waals surface area (Å²) in [6.07, 6.45) is 4.63. The summed E-state index contributed by atoms with van der Waals surface area (Å²) < 4.78 is 5.39. The number of hydrogen-bond acceptors (Lipinski definition) is 2. The number of rotatable bonds is 5. The fourth-order valence-corrected chi connectivity index (χ4v) is 2.88. The van der Waals surface area contributed by atoms with Crippen LogP contribution < -0.4 is 0 Å². The highest BCUT2D eigenvalue weighted by Gasteiger charge is 2.26. The number of carbonyl (C=O) groups excluding carboxylic acids is 1. The number of hydrogen-bond donors (Lipinski definition) is 0. The van der Waals surface area contributed by atoms with Crippen LogP contribution in [0.4, 0.5) is 0 Å². The van der Waals surface area contributed by atoms with Gasteiger partial charge in [0.05, 0.1) is 0 Å². The van der Waals surface area contributed by atoms with E-state index in [0.29, 0.717) is 5.92 Å². The first-order valence-corrected chi connectivity index (χ1v) is 7.05. The number of amides is 1. The molecule has 0 radical (unpaired) electrons. The van der Waals surface area contributed by atoms with Crippen molar-refractivity contribution < 1.29 is 9.53 Å². The average molecular weight is 261 g/mol. The smallest absolute Gasteiger partial charge is 0.256 e. The molecule has 1 fully saturated rings. The van der Waals surface area contributed by atoms with Gasteiger partial charge >= 0.3 is 0 Å². The summed E-state index contributed by atoms with van der Waals surface area (Å²) in [7, 11) is 3.48. The highest BCUT2D eigenvalue weighted by atomic mass is 16.5. The van der Waals surface area contributed by atoms with E-state index in [0.717, 1.165) is 12.1 Å². The molecule has 1 unspecified atom stereocenters. The number of ether oxygens (including phenoxy) is 1. The number of benzene rings is 1. The molecule has 0 aliphatic heterocycles. The standard InChI is InChI=1S/C16H23NO2/c1-17(12-13-8-6-7-9-13)16(18)15(19-2)14-10-4-3-5-11-14/h3-5,10-11,13,15H,6-9,12H2,1-2H3. The topological polar surface area (TPSA) is 29.5 Å². The molecule has 1 aromatic rings. The van der Waals surface area contributed by atoms with Crippen LogP contribution in [0.3, 0.4) is 0 Å². The number of methoxy groups -OCH3 is 1. The molecule has 1 aliphatic carbocycles. The van der Waals surface area contributed by atoms with Crippen LogP contribution in [-0.2, 0) is 9.53 Å². The highest BCUT2D eigenvalue weighted by molar-refractivity contribution is 5.82. The van der Waals surface area contributed by atoms with Gasteiger partial charge in [-0.05, 0) is 24.3 Å². The second kappa shape index (κ2) is 6.71. The first-order chi connectivity index (χ1) is 9.22. The lowest BCUT2D eigenvalue weighted by atomic mass is 10.1. The Morgan fingerprint density at radius 1 is 1.32 bits per heavy atom. The van der Waals surface area contributed by atoms with Crippen molar-refractivity contribution in [1.82, 2.24) is 4.90 Å². The molecule has 1 atom stereocenters. The molecular weight excluding hydrogens is 238 g/mol. The minimum absolute atomic E-state index is 0.0561. The van der Waals surface area contributed by atoms with Crippen LogP contribution in [0, 0.1) is 5.92 Å². The summed E-state index contributed by atoms with van der Waals surface area (Å²) >= 11 is 0. The van der Waals surface area contributed by atoms with Gasteiger partial charge in [-0.3, -0.25) is 4.79 Å². The van der Waals surface area contributed by atoms with Crippen molar-refractivity contribution in [2.24, 2.45) is 5.92 Å². The van der Waals surface area contributed by atoms with Crippen molar-refractivity contribution in [1.29, 1.82) is 0 Å². The van der Waals surface area contributed by atoms with E-state index in [1.807, 2.05) is 42.3 Å². The zero-order valence-corrected chi connectivity index (χ0v) is 11.8. The van der Waals surface area contributed by atoms with Gasteiger partial charge in [0.1, 0.15) is 0 Å². The van der Waals surface area contributed by atoms with E-state index < -0.39 is 6.10 Å². The molecule has 3 heteroatoms. The van der Waals surface area contributed by atoms with Gasteiger partial charge in [0.25, 0.3) is 5.91 Å². The monoisotopic (exact) mass is 261 g/mol. The van der Waals surface area contributed by atoms with Gasteiger partial charge in [-0.1, -0.05) is 43.2 Å². The maximum Gasteiger partial charge on any atom is 0.256 e. The maximum absolute atomic E-state index is 12.5. The van der Waals surface area contributed by atoms with E-state index in [9.17, 15) is 4.79 Å². The fraction of sp³-hybridized carbons (Fsp3) is 0.562. The van der Waals surface area contributed by atoms with E-state index in [-0.39, 0.29) is 5.91 Å². The van der Waals surface area contributed by atoms with Crippen LogP contribution in [0.25, 0.3) is 0 Å². The third kappa shape index (κ3) is 3.57. The molecule has 0 heterocycles. The lowest BCUT2D eigenvalue weighted by molar-refractivity contribution is -0.141. The molecule has 3 nitrogen and oxygen atoms in total. The Bertz CT molecular complexity index is 398. The summed E-state index contributed by atoms with van der Waals surface area (Å²) in [6, 6.07) is 9.70. The Labute approximate surface area is 115 Å². The van der Waals surface area contributed by atoms with E-state index in [4.69, 9.17) is 4.74 Å². The van der Waals surface area contributed by atoms with E-state index >= 15 is 0 Å². The van der Waals surface area contributed by atoms with Gasteiger partial charge in [-0.15, -0.1) is 0 Å². The average Bonchev–Trinajstić information content (AvgIpc) is 2.93. The zero-order valence-electron chi connectivity index (χ0n) is 11.8. The van der Waals surface area contributed by atoms with Gasteiger partial charge < -0.3 is 9.64 Å². The maximum atomic E-state index is 12.5. The Morgan fingerprint density at radius 3 is 2.53 bits per heavy atom. The third-order valence-corrected chi connectivity index (χ3v) is 3.95. The van der Waals surface area contributed by atoms with Crippen LogP contribution in [0.1, 0.15) is 37.4 Å². The lowest BCUT2D eigenvalue weighted by Crippen LogP contribution is -2.35. The summed E-state index contributed by atoms with van der Waals surface area (Å²) in [5.74, 6) is 0.725. The summed E-state index contributed by atoms with van der Waals surface area (Å²) in [4.78, 5) is 14.3. The van der Waals surface area contributed by atoms with E-state index in [2.05, 4.69) is 0 Å². The Kier molecular flexibility index (Phi) is 4.97. The second-order valence-corrected chi connectivity index (χ2v) is 5.40. The number of nitrogens with zero attached hydrogens (tertiary/aromatic N) is 1. The highest BCUT2D eigenvalue weighted by Crippen LogP contribution is 2.26. The predicted molar refractivity (Wildman–Crippen MR) is 75.8 cm³/mol. The minimum atomic E-state index is -0.479. The first kappa shape index (κ1) is 14.1. The Morgan fingerprint density at radius 2 is 1.95 bits per heavy atom. The van der Waals surface area contributed by atoms with Crippen molar-refractivity contribution in [3.63, 3.8) is 0 Å². The van der Waals surface area contributed by atoms with Gasteiger partial charge in [0.15, 0.2) is 6.10 Å². The van der Waals surface area contributed by atoms with Crippen molar-refractivity contribution in [2.45, 2.75) is 31.8 Å². The molecule has 0 spiro atoms. The summed E-state index contributed by atoms with van der Waals surface area (Å²) in [5.41, 5.74) is 0.924. The van der Waals surface area contributed by atoms with Crippen LogP contribution in [0.5, 0.6) is 0 Å². The lowest BCUT2D eigenvalue weighted by Gasteiger charge is -2.25. The molecule has 0 saturated heterocycles. The van der Waals surface area contributed by atoms with Crippen LogP contribution in [0.15, 0.2) is 30.3 Å². The predicted octanol–water partition coefficient (Wildman–Crippen LogP) is 3.02. The minimum Gasteiger partial charge on any atom is -0.367 e. The van der Waals surface area contributed by atoms with E-state index in [1.54, 1.807) is 7.11 Å². The largest absolute Gasteiger partial charge is 0.367 e. The molecule has 0 N–H and O–H groups in total. The van der Waals surface area contributed by atoms with Crippen molar-refractivity contribution >= 4 is 5.91 Å². The molecule has 0 aromatic heterocycles. The SMILES string of the molecule is COC(C(=O)N(C)CC1CCCC1)c1ccccc1. The van der Waals surface area contributed by atoms with Crippen molar-refractivity contribution in [3.05, 3.63) is 35.9 Å². The third-order valence-electron chi connectivity index (χ3n) is 3.95. The molecule has 0 bridgehead atoms. The van der Waals surface area contributed by atoms with Gasteiger partial charge in [-0.2, -0.15) is 0 Å². The summed E-state index contributed by atoms with van der Waals surface area (Å²) in [5, 5.41) is 0. The van der Waals surface area contributed by atoms with Crippen molar-refractivity contribution in [2.75, 3.05) is 20.7 Å². The molecule has 1 saturated carbocycles. The van der Waals surface area contributed by atoms with Crippen molar-refractivity contribution in [3.8, 4) is 0 Å². The molecule has 104 valence electrons. The van der Waals surface area contributed by atoms with Crippen LogP contribution >= 0.6 is 0 Å². The number of likely N-dealkylation sites (N-methyl/N-ethyl adjacent to an activating group) is 1. The quantitative estimate of drug-likeness (QED) is 0.815. The molecule has 1 amide bonds. The second-order valence-electron chi connectivity index (χ2n) is 5.40. The Hall–Kier alpha value is -1.35. The van der Waals surface area contributed by atoms with Gasteiger partial charge in [0, 0.05) is 20.7 Å². The molecular formula is C16H23NO2. The summed E-state index contributed by atoms with van der Waals surface area (Å²) in [6.45, 7) is 0.853. The molecule has 2 rings (SSSR count).